The molecule has 29 heavy (non-hydrogen) atoms. The summed E-state index contributed by atoms with van der Waals surface area (Å²) >= 11 is 0.998. The first-order valence-electron chi connectivity index (χ1n) is 8.43. The first kappa shape index (κ1) is 22.5. The zero-order valence-corrected chi connectivity index (χ0v) is 17.7. The number of sulfonamides is 1. The number of ether oxygens (including phenoxy) is 1. The Kier molecular flexibility index (Phi) is 7.43. The zero-order valence-electron chi connectivity index (χ0n) is 16.0. The van der Waals surface area contributed by atoms with Crippen LogP contribution in [0.2, 0.25) is 0 Å². The molecule has 0 spiro atoms. The Morgan fingerprint density at radius 3 is 2.31 bits per heavy atom. The maximum Gasteiger partial charge on any atom is 0.350 e. The Bertz CT molecular complexity index is 1020. The number of esters is 1. The van der Waals surface area contributed by atoms with Crippen LogP contribution in [0.5, 0.6) is 0 Å². The normalized spacial score (nSPS) is 11.1. The second-order valence-electron chi connectivity index (χ2n) is 5.80. The lowest BCUT2D eigenvalue weighted by molar-refractivity contribution is 0.0605. The maximum atomic E-state index is 12.7. The van der Waals surface area contributed by atoms with Crippen molar-refractivity contribution in [2.24, 2.45) is 0 Å². The van der Waals surface area contributed by atoms with E-state index in [1.807, 2.05) is 0 Å². The van der Waals surface area contributed by atoms with Crippen LogP contribution in [-0.4, -0.2) is 49.8 Å². The molecule has 0 aliphatic carbocycles. The van der Waals surface area contributed by atoms with E-state index in [2.05, 4.69) is 28.2 Å². The summed E-state index contributed by atoms with van der Waals surface area (Å²) in [6.45, 7) is 9.05. The molecule has 154 valence electrons. The van der Waals surface area contributed by atoms with Crippen molar-refractivity contribution in [3.8, 4) is 0 Å². The van der Waals surface area contributed by atoms with Crippen LogP contribution in [0.15, 0.2) is 54.5 Å². The number of nitrogens with zero attached hydrogens (tertiary/aromatic N) is 2. The number of thiazole rings is 1. The number of aromatic nitrogens is 1. The fourth-order valence-corrected chi connectivity index (χ4v) is 4.65. The summed E-state index contributed by atoms with van der Waals surface area (Å²) in [5.41, 5.74) is 0.693. The molecule has 10 heteroatoms. The minimum Gasteiger partial charge on any atom is -0.465 e. The summed E-state index contributed by atoms with van der Waals surface area (Å²) in [4.78, 5) is 28.6. The smallest absolute Gasteiger partial charge is 0.350 e. The summed E-state index contributed by atoms with van der Waals surface area (Å²) in [7, 11) is -2.48. The quantitative estimate of drug-likeness (QED) is 0.480. The fourth-order valence-electron chi connectivity index (χ4n) is 2.39. The molecular weight excluding hydrogens is 414 g/mol. The molecule has 0 unspecified atom stereocenters. The maximum absolute atomic E-state index is 12.7. The van der Waals surface area contributed by atoms with Gasteiger partial charge in [-0.15, -0.1) is 13.2 Å². The number of carbonyl (C=O) groups is 2. The van der Waals surface area contributed by atoms with Crippen molar-refractivity contribution in [1.29, 1.82) is 0 Å². The molecule has 0 fully saturated rings. The molecule has 2 aromatic rings. The molecule has 1 amide bonds. The van der Waals surface area contributed by atoms with Crippen LogP contribution in [-0.2, 0) is 14.8 Å². The number of nitrogens with one attached hydrogen (secondary N) is 1. The summed E-state index contributed by atoms with van der Waals surface area (Å²) < 4.78 is 31.3. The lowest BCUT2D eigenvalue weighted by atomic mass is 10.2. The average Bonchev–Trinajstić information content (AvgIpc) is 3.07. The zero-order chi connectivity index (χ0) is 21.6. The van der Waals surface area contributed by atoms with E-state index in [0.717, 1.165) is 11.3 Å². The van der Waals surface area contributed by atoms with E-state index < -0.39 is 21.9 Å². The van der Waals surface area contributed by atoms with Crippen LogP contribution in [0.3, 0.4) is 0 Å². The topological polar surface area (TPSA) is 106 Å². The molecule has 1 N–H and O–H groups in total. The van der Waals surface area contributed by atoms with Gasteiger partial charge in [-0.25, -0.2) is 18.2 Å². The van der Waals surface area contributed by atoms with Crippen LogP contribution in [0, 0.1) is 6.92 Å². The van der Waals surface area contributed by atoms with Gasteiger partial charge in [-0.05, 0) is 31.2 Å². The van der Waals surface area contributed by atoms with Gasteiger partial charge >= 0.3 is 5.97 Å². The van der Waals surface area contributed by atoms with Crippen LogP contribution < -0.4 is 5.32 Å². The first-order chi connectivity index (χ1) is 13.7. The molecule has 0 saturated carbocycles. The average molecular weight is 436 g/mol. The van der Waals surface area contributed by atoms with Gasteiger partial charge in [0.2, 0.25) is 10.0 Å². The second-order valence-corrected chi connectivity index (χ2v) is 8.74. The van der Waals surface area contributed by atoms with E-state index in [0.29, 0.717) is 10.6 Å². The minimum absolute atomic E-state index is 0.0517. The Labute approximate surface area is 173 Å². The van der Waals surface area contributed by atoms with Gasteiger partial charge in [0.25, 0.3) is 5.91 Å². The lowest BCUT2D eigenvalue weighted by Gasteiger charge is -2.19. The monoisotopic (exact) mass is 435 g/mol. The van der Waals surface area contributed by atoms with Gasteiger partial charge in [-0.1, -0.05) is 23.5 Å². The summed E-state index contributed by atoms with van der Waals surface area (Å²) in [6.07, 6.45) is 2.98. The third-order valence-electron chi connectivity index (χ3n) is 3.81. The first-order valence-corrected chi connectivity index (χ1v) is 10.7. The fraction of sp³-hybridized carbons (Fsp3) is 0.211. The minimum atomic E-state index is -3.74. The summed E-state index contributed by atoms with van der Waals surface area (Å²) in [5, 5.41) is 2.84. The number of anilines is 1. The van der Waals surface area contributed by atoms with Crippen molar-refractivity contribution in [3.05, 3.63) is 65.7 Å². The standard InChI is InChI=1S/C19H21N3O5S2/c1-5-11-22(12-6-2)29(25,26)15-9-7-14(8-10-15)17(23)21-19-20-13(3)16(28-19)18(24)27-4/h5-10H,1-2,11-12H2,3-4H3,(H,20,21,23). The van der Waals surface area contributed by atoms with Gasteiger partial charge in [0.15, 0.2) is 5.13 Å². The SMILES string of the molecule is C=CCN(CC=C)S(=O)(=O)c1ccc(C(=O)Nc2nc(C)c(C(=O)OC)s2)cc1. The van der Waals surface area contributed by atoms with Crippen LogP contribution >= 0.6 is 11.3 Å². The van der Waals surface area contributed by atoms with E-state index in [1.165, 1.54) is 47.8 Å². The van der Waals surface area contributed by atoms with E-state index in [4.69, 9.17) is 0 Å². The number of carbonyl (C=O) groups excluding carboxylic acids is 2. The number of methoxy groups -OCH3 is 1. The van der Waals surface area contributed by atoms with E-state index in [-0.39, 0.29) is 28.7 Å². The highest BCUT2D eigenvalue weighted by Crippen LogP contribution is 2.24. The van der Waals surface area contributed by atoms with Crippen LogP contribution in [0.25, 0.3) is 0 Å². The molecule has 0 atom stereocenters. The predicted octanol–water partition coefficient (Wildman–Crippen LogP) is 2.85. The number of aryl methyl sites for hydroxylation is 1. The lowest BCUT2D eigenvalue weighted by Crippen LogP contribution is -2.31. The summed E-state index contributed by atoms with van der Waals surface area (Å²) in [6, 6.07) is 5.53. The van der Waals surface area contributed by atoms with E-state index in [9.17, 15) is 18.0 Å². The third-order valence-corrected chi connectivity index (χ3v) is 6.71. The molecule has 8 nitrogen and oxygen atoms in total. The van der Waals surface area contributed by atoms with Crippen molar-refractivity contribution < 1.29 is 22.7 Å². The molecule has 0 saturated heterocycles. The summed E-state index contributed by atoms with van der Waals surface area (Å²) in [5.74, 6) is -1.01. The van der Waals surface area contributed by atoms with Gasteiger partial charge in [0, 0.05) is 18.7 Å². The van der Waals surface area contributed by atoms with Gasteiger partial charge in [0.1, 0.15) is 4.88 Å². The Morgan fingerprint density at radius 1 is 1.21 bits per heavy atom. The Hall–Kier alpha value is -2.82. The number of hydrogen-bond acceptors (Lipinski definition) is 7. The Balaban J connectivity index is 2.19. The van der Waals surface area contributed by atoms with Crippen LogP contribution in [0.1, 0.15) is 25.7 Å². The highest BCUT2D eigenvalue weighted by molar-refractivity contribution is 7.89. The number of amides is 1. The van der Waals surface area contributed by atoms with Crippen molar-refractivity contribution >= 4 is 38.4 Å². The Morgan fingerprint density at radius 2 is 1.79 bits per heavy atom. The van der Waals surface area contributed by atoms with Crippen molar-refractivity contribution in [3.63, 3.8) is 0 Å². The van der Waals surface area contributed by atoms with Crippen LogP contribution in [0.4, 0.5) is 5.13 Å². The largest absolute Gasteiger partial charge is 0.465 e. The second kappa shape index (κ2) is 9.59. The molecule has 2 rings (SSSR count). The van der Waals surface area contributed by atoms with Gasteiger partial charge in [0.05, 0.1) is 17.7 Å². The van der Waals surface area contributed by atoms with E-state index in [1.54, 1.807) is 6.92 Å². The number of benzene rings is 1. The highest BCUT2D eigenvalue weighted by atomic mass is 32.2. The van der Waals surface area contributed by atoms with E-state index >= 15 is 0 Å². The van der Waals surface area contributed by atoms with Gasteiger partial charge in [-0.3, -0.25) is 10.1 Å². The molecule has 1 aromatic carbocycles. The molecule has 0 radical (unpaired) electrons. The highest BCUT2D eigenvalue weighted by Gasteiger charge is 2.23. The van der Waals surface area contributed by atoms with Crippen molar-refractivity contribution in [1.82, 2.24) is 9.29 Å². The number of rotatable bonds is 9. The molecule has 0 aliphatic rings. The molecule has 1 heterocycles. The third kappa shape index (κ3) is 5.17. The molecule has 1 aromatic heterocycles. The van der Waals surface area contributed by atoms with Gasteiger partial charge in [-0.2, -0.15) is 4.31 Å². The van der Waals surface area contributed by atoms with Gasteiger partial charge < -0.3 is 4.74 Å². The van der Waals surface area contributed by atoms with Crippen molar-refractivity contribution in [2.75, 3.05) is 25.5 Å². The molecular formula is C19H21N3O5S2. The predicted molar refractivity (Wildman–Crippen MR) is 112 cm³/mol. The van der Waals surface area contributed by atoms with Crippen molar-refractivity contribution in [2.45, 2.75) is 11.8 Å². The molecule has 0 aliphatic heterocycles. The molecule has 0 bridgehead atoms. The number of hydrogen-bond donors (Lipinski definition) is 1.